The summed E-state index contributed by atoms with van der Waals surface area (Å²) in [5.74, 6) is -0.245. The van der Waals surface area contributed by atoms with Gasteiger partial charge in [0.05, 0.1) is 6.61 Å². The molecule has 0 spiro atoms. The molecule has 2 amide bonds. The fourth-order valence-electron chi connectivity index (χ4n) is 1.24. The standard InChI is InChI=1S/C11H23N3O3/c1-9(3-5-12)11(16)14-6-4-10(15)13-7-8-17-2/h9H,3-8,12H2,1-2H3,(H,13,15)(H,14,16). The first-order chi connectivity index (χ1) is 8.11. The van der Waals surface area contributed by atoms with Crippen molar-refractivity contribution in [1.29, 1.82) is 0 Å². The van der Waals surface area contributed by atoms with E-state index in [1.165, 1.54) is 0 Å². The zero-order chi connectivity index (χ0) is 13.1. The summed E-state index contributed by atoms with van der Waals surface area (Å²) in [6, 6.07) is 0. The Morgan fingerprint density at radius 2 is 2.00 bits per heavy atom. The van der Waals surface area contributed by atoms with Gasteiger partial charge in [-0.15, -0.1) is 0 Å². The van der Waals surface area contributed by atoms with Crippen molar-refractivity contribution in [3.8, 4) is 0 Å². The topological polar surface area (TPSA) is 93.5 Å². The highest BCUT2D eigenvalue weighted by molar-refractivity contribution is 5.80. The monoisotopic (exact) mass is 245 g/mol. The Morgan fingerprint density at radius 3 is 2.59 bits per heavy atom. The highest BCUT2D eigenvalue weighted by Crippen LogP contribution is 1.99. The number of hydrogen-bond donors (Lipinski definition) is 3. The van der Waals surface area contributed by atoms with Crippen LogP contribution >= 0.6 is 0 Å². The summed E-state index contributed by atoms with van der Waals surface area (Å²) in [5.41, 5.74) is 5.36. The average molecular weight is 245 g/mol. The van der Waals surface area contributed by atoms with Crippen LogP contribution in [-0.2, 0) is 14.3 Å². The predicted molar refractivity (Wildman–Crippen MR) is 65.3 cm³/mol. The Balaban J connectivity index is 3.55. The third-order valence-corrected chi connectivity index (χ3v) is 2.33. The first-order valence-electron chi connectivity index (χ1n) is 5.85. The van der Waals surface area contributed by atoms with Crippen LogP contribution in [0, 0.1) is 5.92 Å². The number of nitrogens with one attached hydrogen (secondary N) is 2. The Bertz CT molecular complexity index is 234. The Labute approximate surface area is 102 Å². The fraction of sp³-hybridized carbons (Fsp3) is 0.818. The van der Waals surface area contributed by atoms with E-state index in [1.807, 2.05) is 6.92 Å². The smallest absolute Gasteiger partial charge is 0.222 e. The van der Waals surface area contributed by atoms with Crippen molar-refractivity contribution >= 4 is 11.8 Å². The molecule has 0 rings (SSSR count). The maximum absolute atomic E-state index is 11.5. The van der Waals surface area contributed by atoms with E-state index in [-0.39, 0.29) is 24.2 Å². The molecule has 0 aromatic carbocycles. The summed E-state index contributed by atoms with van der Waals surface area (Å²) in [6.45, 7) is 3.65. The molecular weight excluding hydrogens is 222 g/mol. The van der Waals surface area contributed by atoms with Crippen LogP contribution in [0.5, 0.6) is 0 Å². The molecule has 1 unspecified atom stereocenters. The van der Waals surface area contributed by atoms with Gasteiger partial charge in [-0.3, -0.25) is 9.59 Å². The van der Waals surface area contributed by atoms with E-state index in [9.17, 15) is 9.59 Å². The van der Waals surface area contributed by atoms with Gasteiger partial charge in [0.25, 0.3) is 0 Å². The van der Waals surface area contributed by atoms with Crippen molar-refractivity contribution in [3.05, 3.63) is 0 Å². The van der Waals surface area contributed by atoms with Gasteiger partial charge in [0.1, 0.15) is 0 Å². The lowest BCUT2D eigenvalue weighted by Gasteiger charge is -2.10. The molecule has 0 heterocycles. The van der Waals surface area contributed by atoms with Crippen LogP contribution in [0.3, 0.4) is 0 Å². The molecule has 0 saturated carbocycles. The molecule has 0 aliphatic rings. The van der Waals surface area contributed by atoms with Gasteiger partial charge < -0.3 is 21.1 Å². The molecule has 17 heavy (non-hydrogen) atoms. The van der Waals surface area contributed by atoms with E-state index in [1.54, 1.807) is 7.11 Å². The van der Waals surface area contributed by atoms with E-state index in [0.29, 0.717) is 32.7 Å². The minimum Gasteiger partial charge on any atom is -0.383 e. The highest BCUT2D eigenvalue weighted by atomic mass is 16.5. The van der Waals surface area contributed by atoms with Gasteiger partial charge in [-0.25, -0.2) is 0 Å². The van der Waals surface area contributed by atoms with Gasteiger partial charge in [0.15, 0.2) is 0 Å². The number of ether oxygens (including phenoxy) is 1. The molecule has 6 nitrogen and oxygen atoms in total. The molecule has 100 valence electrons. The highest BCUT2D eigenvalue weighted by Gasteiger charge is 2.11. The molecule has 0 aromatic rings. The van der Waals surface area contributed by atoms with E-state index < -0.39 is 0 Å². The number of amides is 2. The van der Waals surface area contributed by atoms with E-state index in [0.717, 1.165) is 0 Å². The molecular formula is C11H23N3O3. The normalized spacial score (nSPS) is 11.9. The second kappa shape index (κ2) is 10.0. The van der Waals surface area contributed by atoms with Crippen LogP contribution in [0.2, 0.25) is 0 Å². The number of hydrogen-bond acceptors (Lipinski definition) is 4. The first-order valence-corrected chi connectivity index (χ1v) is 5.85. The third kappa shape index (κ3) is 8.65. The third-order valence-electron chi connectivity index (χ3n) is 2.33. The molecule has 6 heteroatoms. The molecule has 0 aliphatic heterocycles. The molecule has 0 bridgehead atoms. The summed E-state index contributed by atoms with van der Waals surface area (Å²) >= 11 is 0. The van der Waals surface area contributed by atoms with Crippen molar-refractivity contribution in [1.82, 2.24) is 10.6 Å². The van der Waals surface area contributed by atoms with Gasteiger partial charge >= 0.3 is 0 Å². The zero-order valence-electron chi connectivity index (χ0n) is 10.6. The van der Waals surface area contributed by atoms with Crippen LogP contribution in [0.4, 0.5) is 0 Å². The molecule has 0 fully saturated rings. The molecule has 0 aromatic heterocycles. The lowest BCUT2D eigenvalue weighted by atomic mass is 10.1. The SMILES string of the molecule is COCCNC(=O)CCNC(=O)C(C)CCN. The van der Waals surface area contributed by atoms with E-state index in [2.05, 4.69) is 10.6 Å². The molecule has 1 atom stereocenters. The van der Waals surface area contributed by atoms with Crippen LogP contribution < -0.4 is 16.4 Å². The van der Waals surface area contributed by atoms with Crippen LogP contribution in [0.1, 0.15) is 19.8 Å². The van der Waals surface area contributed by atoms with Gasteiger partial charge in [-0.05, 0) is 13.0 Å². The molecule has 0 aliphatic carbocycles. The Kier molecular flexibility index (Phi) is 9.37. The summed E-state index contributed by atoms with van der Waals surface area (Å²) in [5, 5.41) is 5.38. The number of methoxy groups -OCH3 is 1. The average Bonchev–Trinajstić information content (AvgIpc) is 2.29. The largest absolute Gasteiger partial charge is 0.383 e. The minimum absolute atomic E-state index is 0.0554. The predicted octanol–water partition coefficient (Wildman–Crippen LogP) is -0.760. The van der Waals surface area contributed by atoms with Crippen molar-refractivity contribution < 1.29 is 14.3 Å². The quantitative estimate of drug-likeness (QED) is 0.465. The minimum atomic E-state index is -0.100. The van der Waals surface area contributed by atoms with Crippen LogP contribution in [0.15, 0.2) is 0 Å². The van der Waals surface area contributed by atoms with Crippen molar-refractivity contribution in [3.63, 3.8) is 0 Å². The summed E-state index contributed by atoms with van der Waals surface area (Å²) in [4.78, 5) is 22.7. The lowest BCUT2D eigenvalue weighted by molar-refractivity contribution is -0.125. The number of carbonyl (C=O) groups excluding carboxylic acids is 2. The van der Waals surface area contributed by atoms with Crippen molar-refractivity contribution in [2.75, 3.05) is 33.4 Å². The van der Waals surface area contributed by atoms with Gasteiger partial charge in [0.2, 0.25) is 11.8 Å². The van der Waals surface area contributed by atoms with Gasteiger partial charge in [0, 0.05) is 32.5 Å². The van der Waals surface area contributed by atoms with E-state index >= 15 is 0 Å². The van der Waals surface area contributed by atoms with Crippen molar-refractivity contribution in [2.24, 2.45) is 11.7 Å². The summed E-state index contributed by atoms with van der Waals surface area (Å²) in [7, 11) is 1.57. The fourth-order valence-corrected chi connectivity index (χ4v) is 1.24. The van der Waals surface area contributed by atoms with E-state index in [4.69, 9.17) is 10.5 Å². The zero-order valence-corrected chi connectivity index (χ0v) is 10.6. The Morgan fingerprint density at radius 1 is 1.29 bits per heavy atom. The maximum Gasteiger partial charge on any atom is 0.222 e. The number of carbonyl (C=O) groups is 2. The second-order valence-electron chi connectivity index (χ2n) is 3.86. The first kappa shape index (κ1) is 15.9. The maximum atomic E-state index is 11.5. The van der Waals surface area contributed by atoms with Crippen LogP contribution in [0.25, 0.3) is 0 Å². The molecule has 0 saturated heterocycles. The number of nitrogens with two attached hydrogens (primary N) is 1. The summed E-state index contributed by atoms with van der Waals surface area (Å²) in [6.07, 6.45) is 0.941. The molecule has 4 N–H and O–H groups in total. The molecule has 0 radical (unpaired) electrons. The second-order valence-corrected chi connectivity index (χ2v) is 3.86. The van der Waals surface area contributed by atoms with Crippen molar-refractivity contribution in [2.45, 2.75) is 19.8 Å². The number of rotatable bonds is 9. The lowest BCUT2D eigenvalue weighted by Crippen LogP contribution is -2.35. The van der Waals surface area contributed by atoms with Gasteiger partial charge in [-0.2, -0.15) is 0 Å². The van der Waals surface area contributed by atoms with Crippen LogP contribution in [-0.4, -0.2) is 45.2 Å². The Hall–Kier alpha value is -1.14. The summed E-state index contributed by atoms with van der Waals surface area (Å²) < 4.78 is 4.80. The van der Waals surface area contributed by atoms with Gasteiger partial charge in [-0.1, -0.05) is 6.92 Å².